The molecule has 1 saturated carbocycles. The summed E-state index contributed by atoms with van der Waals surface area (Å²) in [5, 5.41) is 0. The zero-order valence-electron chi connectivity index (χ0n) is 15.7. The molecule has 0 amide bonds. The van der Waals surface area contributed by atoms with Gasteiger partial charge in [-0.2, -0.15) is 0 Å². The fourth-order valence-corrected chi connectivity index (χ4v) is 3.41. The van der Waals surface area contributed by atoms with E-state index in [0.29, 0.717) is 12.5 Å². The maximum absolute atomic E-state index is 11.9. The number of carbonyl (C=O) groups is 1. The van der Waals surface area contributed by atoms with Gasteiger partial charge in [-0.1, -0.05) is 38.0 Å². The monoisotopic (exact) mass is 344 g/mol. The highest BCUT2D eigenvalue weighted by Gasteiger charge is 2.24. The predicted octanol–water partition coefficient (Wildman–Crippen LogP) is 5.79. The quantitative estimate of drug-likeness (QED) is 0.323. The normalized spacial score (nSPS) is 20.6. The first-order valence-corrected chi connectivity index (χ1v) is 9.82. The van der Waals surface area contributed by atoms with Gasteiger partial charge in [0.15, 0.2) is 0 Å². The smallest absolute Gasteiger partial charge is 0.330 e. The Morgan fingerprint density at radius 1 is 1.08 bits per heavy atom. The van der Waals surface area contributed by atoms with Gasteiger partial charge in [0.25, 0.3) is 0 Å². The van der Waals surface area contributed by atoms with Crippen LogP contribution in [0.25, 0.3) is 0 Å². The van der Waals surface area contributed by atoms with Crippen molar-refractivity contribution in [1.82, 2.24) is 0 Å². The number of hydrogen-bond acceptors (Lipinski definition) is 3. The molecule has 1 fully saturated rings. The van der Waals surface area contributed by atoms with Crippen molar-refractivity contribution in [2.45, 2.75) is 77.2 Å². The second kappa shape index (κ2) is 11.0. The minimum Gasteiger partial charge on any atom is -0.494 e. The first-order valence-electron chi connectivity index (χ1n) is 9.82. The molecule has 138 valence electrons. The molecule has 1 aliphatic carbocycles. The van der Waals surface area contributed by atoms with E-state index in [1.165, 1.54) is 18.4 Å². The Labute approximate surface area is 152 Å². The Morgan fingerprint density at radius 2 is 1.80 bits per heavy atom. The highest BCUT2D eigenvalue weighted by Crippen LogP contribution is 2.34. The number of rotatable bonds is 9. The van der Waals surface area contributed by atoms with E-state index in [4.69, 9.17) is 9.47 Å². The molecule has 0 aromatic heterocycles. The molecule has 1 aliphatic rings. The molecular weight excluding hydrogens is 312 g/mol. The Morgan fingerprint density at radius 3 is 2.44 bits per heavy atom. The summed E-state index contributed by atoms with van der Waals surface area (Å²) < 4.78 is 11.1. The molecule has 1 aromatic rings. The fraction of sp³-hybridized carbons (Fsp3) is 0.591. The highest BCUT2D eigenvalue weighted by molar-refractivity contribution is 5.82. The maximum atomic E-state index is 11.9. The Bertz CT molecular complexity index is 525. The van der Waals surface area contributed by atoms with E-state index < -0.39 is 0 Å². The summed E-state index contributed by atoms with van der Waals surface area (Å²) in [5.41, 5.74) is 1.36. The molecule has 0 atom stereocenters. The van der Waals surface area contributed by atoms with Gasteiger partial charge in [0.1, 0.15) is 11.9 Å². The van der Waals surface area contributed by atoms with Crippen LogP contribution in [0.5, 0.6) is 5.75 Å². The lowest BCUT2D eigenvalue weighted by Gasteiger charge is -2.28. The van der Waals surface area contributed by atoms with Crippen molar-refractivity contribution in [3.8, 4) is 5.75 Å². The first kappa shape index (κ1) is 19.6. The summed E-state index contributed by atoms with van der Waals surface area (Å²) in [6.45, 7) is 4.88. The molecule has 0 bridgehead atoms. The van der Waals surface area contributed by atoms with Crippen LogP contribution in [-0.4, -0.2) is 18.7 Å². The second-order valence-electron chi connectivity index (χ2n) is 6.81. The van der Waals surface area contributed by atoms with E-state index in [1.54, 1.807) is 6.08 Å². The lowest BCUT2D eigenvalue weighted by Crippen LogP contribution is -2.23. The highest BCUT2D eigenvalue weighted by atomic mass is 16.5. The second-order valence-corrected chi connectivity index (χ2v) is 6.81. The number of hydrogen-bond donors (Lipinski definition) is 0. The van der Waals surface area contributed by atoms with Gasteiger partial charge in [-0.3, -0.25) is 0 Å². The molecule has 0 saturated heterocycles. The summed E-state index contributed by atoms with van der Waals surface area (Å²) >= 11 is 0. The fourth-order valence-electron chi connectivity index (χ4n) is 3.41. The Hall–Kier alpha value is -1.77. The van der Waals surface area contributed by atoms with Gasteiger partial charge in [-0.05, 0) is 69.1 Å². The predicted molar refractivity (Wildman–Crippen MR) is 102 cm³/mol. The van der Waals surface area contributed by atoms with E-state index in [0.717, 1.165) is 44.3 Å². The molecule has 0 heterocycles. The van der Waals surface area contributed by atoms with Crippen molar-refractivity contribution in [1.29, 1.82) is 0 Å². The molecule has 3 nitrogen and oxygen atoms in total. The topological polar surface area (TPSA) is 35.5 Å². The average molecular weight is 344 g/mol. The van der Waals surface area contributed by atoms with Gasteiger partial charge in [0, 0.05) is 6.08 Å². The molecule has 2 rings (SSSR count). The van der Waals surface area contributed by atoms with Crippen LogP contribution in [0.3, 0.4) is 0 Å². The van der Waals surface area contributed by atoms with Crippen LogP contribution in [0.15, 0.2) is 36.4 Å². The van der Waals surface area contributed by atoms with E-state index in [9.17, 15) is 4.79 Å². The van der Waals surface area contributed by atoms with Gasteiger partial charge in [0.05, 0.1) is 6.61 Å². The molecule has 0 unspecified atom stereocenters. The summed E-state index contributed by atoms with van der Waals surface area (Å²) in [5.74, 6) is 1.32. The third kappa shape index (κ3) is 6.93. The van der Waals surface area contributed by atoms with Crippen LogP contribution in [0, 0.1) is 0 Å². The Balaban J connectivity index is 1.71. The van der Waals surface area contributed by atoms with E-state index in [1.807, 2.05) is 25.1 Å². The van der Waals surface area contributed by atoms with Crippen LogP contribution < -0.4 is 4.74 Å². The molecule has 0 aliphatic heterocycles. The van der Waals surface area contributed by atoms with Crippen LogP contribution in [0.1, 0.15) is 76.7 Å². The van der Waals surface area contributed by atoms with Gasteiger partial charge < -0.3 is 9.47 Å². The van der Waals surface area contributed by atoms with Gasteiger partial charge in [0.2, 0.25) is 0 Å². The first-order chi connectivity index (χ1) is 12.2. The molecule has 0 N–H and O–H groups in total. The van der Waals surface area contributed by atoms with E-state index in [2.05, 4.69) is 19.1 Å². The van der Waals surface area contributed by atoms with Crippen molar-refractivity contribution >= 4 is 5.97 Å². The molecule has 25 heavy (non-hydrogen) atoms. The van der Waals surface area contributed by atoms with E-state index in [-0.39, 0.29) is 12.1 Å². The van der Waals surface area contributed by atoms with Gasteiger partial charge >= 0.3 is 5.97 Å². The van der Waals surface area contributed by atoms with Crippen molar-refractivity contribution in [2.75, 3.05) is 6.61 Å². The summed E-state index contributed by atoms with van der Waals surface area (Å²) in [6, 6.07) is 8.44. The zero-order chi connectivity index (χ0) is 17.9. The Kier molecular flexibility index (Phi) is 8.58. The average Bonchev–Trinajstić information content (AvgIpc) is 2.63. The minimum atomic E-state index is -0.180. The molecule has 0 spiro atoms. The number of benzene rings is 1. The van der Waals surface area contributed by atoms with Crippen molar-refractivity contribution in [3.05, 3.63) is 42.0 Å². The number of ether oxygens (including phenoxy) is 2. The third-order valence-corrected chi connectivity index (χ3v) is 4.85. The number of esters is 1. The van der Waals surface area contributed by atoms with Gasteiger partial charge in [-0.15, -0.1) is 0 Å². The van der Waals surface area contributed by atoms with Crippen molar-refractivity contribution < 1.29 is 14.3 Å². The molecule has 1 aromatic carbocycles. The zero-order valence-corrected chi connectivity index (χ0v) is 15.7. The van der Waals surface area contributed by atoms with E-state index >= 15 is 0 Å². The number of unbranched alkanes of at least 4 members (excludes halogenated alkanes) is 3. The van der Waals surface area contributed by atoms with Crippen molar-refractivity contribution in [2.24, 2.45) is 0 Å². The summed E-state index contributed by atoms with van der Waals surface area (Å²) in [7, 11) is 0. The molecule has 3 heteroatoms. The number of allylic oxidation sites excluding steroid dienone is 1. The van der Waals surface area contributed by atoms with Gasteiger partial charge in [-0.25, -0.2) is 4.79 Å². The number of carbonyl (C=O) groups excluding carboxylic acids is 1. The lowest BCUT2D eigenvalue weighted by atomic mass is 9.83. The third-order valence-electron chi connectivity index (χ3n) is 4.85. The summed E-state index contributed by atoms with van der Waals surface area (Å²) in [6.07, 6.45) is 12.2. The maximum Gasteiger partial charge on any atom is 0.330 e. The molecule has 0 radical (unpaired) electrons. The van der Waals surface area contributed by atoms with Crippen LogP contribution >= 0.6 is 0 Å². The van der Waals surface area contributed by atoms with Crippen LogP contribution in [0.4, 0.5) is 0 Å². The van der Waals surface area contributed by atoms with Crippen molar-refractivity contribution in [3.63, 3.8) is 0 Å². The summed E-state index contributed by atoms with van der Waals surface area (Å²) in [4.78, 5) is 11.9. The minimum absolute atomic E-state index is 0.0757. The lowest BCUT2D eigenvalue weighted by molar-refractivity contribution is -0.144. The van der Waals surface area contributed by atoms with Crippen LogP contribution in [0.2, 0.25) is 0 Å². The van der Waals surface area contributed by atoms with Crippen LogP contribution in [-0.2, 0) is 9.53 Å². The SMILES string of the molecule is CCCCCC=CC(=O)OC1CCC(c2ccc(OCC)cc2)CC1. The standard InChI is InChI=1S/C22H32O3/c1-3-5-6-7-8-9-22(23)25-21-16-12-19(13-17-21)18-10-14-20(15-11-18)24-4-2/h8-11,14-15,19,21H,3-7,12-13,16-17H2,1-2H3. The largest absolute Gasteiger partial charge is 0.494 e. The molecular formula is C22H32O3.